The molecule has 28 heavy (non-hydrogen) atoms. The summed E-state index contributed by atoms with van der Waals surface area (Å²) in [4.78, 5) is 18.4. The van der Waals surface area contributed by atoms with E-state index in [9.17, 15) is 5.11 Å². The number of hydrogen-bond donors (Lipinski definition) is 2. The standard InChI is InChI=1S/C22H21N5O/c28-21-19(13-17-14-24-20-18(17)7-4-10-23-20)25-22(26-21)27-11-8-16(9-12-27)15-5-2-1-3-6-15/h1-7,10,13-14,16,28H,8-9,11-12H2,(H,25,26). The second kappa shape index (κ2) is 6.96. The van der Waals surface area contributed by atoms with Gasteiger partial charge in [-0.05, 0) is 42.5 Å². The number of imidazole rings is 1. The minimum atomic E-state index is 0.0124. The summed E-state index contributed by atoms with van der Waals surface area (Å²) in [5.74, 6) is 2.02. The fraction of sp³-hybridized carbons (Fsp3) is 0.227. The summed E-state index contributed by atoms with van der Waals surface area (Å²) in [5.41, 5.74) is 3.87. The number of benzene rings is 1. The van der Waals surface area contributed by atoms with E-state index in [1.54, 1.807) is 12.4 Å². The van der Waals surface area contributed by atoms with Crippen molar-refractivity contribution < 1.29 is 5.11 Å². The molecule has 140 valence electrons. The minimum absolute atomic E-state index is 0.0124. The van der Waals surface area contributed by atoms with Gasteiger partial charge in [-0.1, -0.05) is 30.3 Å². The number of aliphatic imine (C=N–C) groups is 1. The number of aromatic amines is 1. The Morgan fingerprint density at radius 2 is 1.89 bits per heavy atom. The highest BCUT2D eigenvalue weighted by Gasteiger charge is 2.23. The Bertz CT molecular complexity index is 1050. The fourth-order valence-electron chi connectivity index (χ4n) is 3.96. The molecule has 0 amide bonds. The molecule has 0 aliphatic carbocycles. The first kappa shape index (κ1) is 16.7. The molecular weight excluding hydrogens is 350 g/mol. The number of pyridine rings is 1. The molecule has 1 saturated heterocycles. The van der Waals surface area contributed by atoms with Crippen LogP contribution in [0.2, 0.25) is 0 Å². The quantitative estimate of drug-likeness (QED) is 0.725. The van der Waals surface area contributed by atoms with Crippen LogP contribution in [0.4, 0.5) is 11.8 Å². The lowest BCUT2D eigenvalue weighted by Crippen LogP contribution is -2.33. The first-order chi connectivity index (χ1) is 13.8. The molecule has 0 unspecified atom stereocenters. The van der Waals surface area contributed by atoms with Gasteiger partial charge in [-0.3, -0.25) is 0 Å². The smallest absolute Gasteiger partial charge is 0.238 e. The lowest BCUT2D eigenvalue weighted by atomic mass is 9.90. The van der Waals surface area contributed by atoms with Gasteiger partial charge in [-0.25, -0.2) is 9.98 Å². The largest absolute Gasteiger partial charge is 0.492 e. The highest BCUT2D eigenvalue weighted by Crippen LogP contribution is 2.33. The number of piperidine rings is 1. The van der Waals surface area contributed by atoms with Gasteiger partial charge in [0.1, 0.15) is 5.69 Å². The summed E-state index contributed by atoms with van der Waals surface area (Å²) in [7, 11) is 0. The number of fused-ring (bicyclic) bond motifs is 1. The van der Waals surface area contributed by atoms with Gasteiger partial charge in [0, 0.05) is 36.6 Å². The molecular formula is C22H21N5O. The van der Waals surface area contributed by atoms with Gasteiger partial charge in [0.2, 0.25) is 11.8 Å². The van der Waals surface area contributed by atoms with Crippen LogP contribution in [0.3, 0.4) is 0 Å². The maximum absolute atomic E-state index is 10.3. The molecule has 2 aliphatic heterocycles. The van der Waals surface area contributed by atoms with E-state index in [1.807, 2.05) is 18.2 Å². The van der Waals surface area contributed by atoms with Crippen LogP contribution in [0.1, 0.15) is 35.6 Å². The molecule has 2 aliphatic rings. The van der Waals surface area contributed by atoms with Crippen molar-refractivity contribution in [2.75, 3.05) is 18.0 Å². The Morgan fingerprint density at radius 3 is 2.71 bits per heavy atom. The zero-order chi connectivity index (χ0) is 18.9. The highest BCUT2D eigenvalue weighted by molar-refractivity contribution is 6.20. The van der Waals surface area contributed by atoms with Crippen LogP contribution >= 0.6 is 0 Å². The number of H-pyrrole nitrogens is 1. The molecule has 0 spiro atoms. The summed E-state index contributed by atoms with van der Waals surface area (Å²) in [6.07, 6.45) is 7.52. The number of anilines is 1. The van der Waals surface area contributed by atoms with Crippen LogP contribution in [0, 0.1) is 0 Å². The van der Waals surface area contributed by atoms with Crippen LogP contribution in [-0.2, 0) is 0 Å². The summed E-state index contributed by atoms with van der Waals surface area (Å²) < 4.78 is 0. The summed E-state index contributed by atoms with van der Waals surface area (Å²) >= 11 is 0. The van der Waals surface area contributed by atoms with Crippen LogP contribution in [0.5, 0.6) is 5.88 Å². The van der Waals surface area contributed by atoms with Crippen molar-refractivity contribution in [1.82, 2.24) is 15.0 Å². The second-order valence-corrected chi connectivity index (χ2v) is 7.20. The summed E-state index contributed by atoms with van der Waals surface area (Å²) in [6.45, 7) is 1.83. The molecule has 1 fully saturated rings. The van der Waals surface area contributed by atoms with E-state index in [-0.39, 0.29) is 5.88 Å². The zero-order valence-corrected chi connectivity index (χ0v) is 15.4. The van der Waals surface area contributed by atoms with Gasteiger partial charge in [0.15, 0.2) is 5.82 Å². The van der Waals surface area contributed by atoms with Gasteiger partial charge in [-0.15, -0.1) is 0 Å². The van der Waals surface area contributed by atoms with E-state index in [0.29, 0.717) is 17.4 Å². The number of hydrogen-bond acceptors (Lipinski definition) is 5. The van der Waals surface area contributed by atoms with Gasteiger partial charge in [0.05, 0.1) is 0 Å². The van der Waals surface area contributed by atoms with Crippen molar-refractivity contribution in [2.45, 2.75) is 18.8 Å². The highest BCUT2D eigenvalue weighted by atomic mass is 16.3. The molecule has 5 rings (SSSR count). The number of aromatic hydroxyl groups is 1. The average Bonchev–Trinajstić information content (AvgIpc) is 3.33. The molecule has 0 radical (unpaired) electrons. The normalized spacial score (nSPS) is 18.0. The Kier molecular flexibility index (Phi) is 4.16. The molecule has 2 N–H and O–H groups in total. The average molecular weight is 371 g/mol. The lowest BCUT2D eigenvalue weighted by Gasteiger charge is -2.31. The fourth-order valence-corrected chi connectivity index (χ4v) is 3.96. The number of nitrogens with zero attached hydrogens (tertiary/aromatic N) is 4. The summed E-state index contributed by atoms with van der Waals surface area (Å²) in [5, 5.41) is 10.3. The Labute approximate surface area is 163 Å². The van der Waals surface area contributed by atoms with E-state index >= 15 is 0 Å². The van der Waals surface area contributed by atoms with E-state index in [2.05, 4.69) is 55.2 Å². The first-order valence-corrected chi connectivity index (χ1v) is 9.58. The Hall–Kier alpha value is -3.41. The molecule has 1 aromatic carbocycles. The third kappa shape index (κ3) is 3.07. The van der Waals surface area contributed by atoms with Crippen molar-refractivity contribution in [3.05, 3.63) is 65.5 Å². The lowest BCUT2D eigenvalue weighted by molar-refractivity contribution is 0.453. The van der Waals surface area contributed by atoms with Crippen molar-refractivity contribution in [3.63, 3.8) is 0 Å². The molecule has 6 heteroatoms. The van der Waals surface area contributed by atoms with E-state index < -0.39 is 0 Å². The predicted octanol–water partition coefficient (Wildman–Crippen LogP) is 4.15. The Balaban J connectivity index is 1.33. The maximum Gasteiger partial charge on any atom is 0.238 e. The van der Waals surface area contributed by atoms with Crippen LogP contribution in [-0.4, -0.2) is 39.4 Å². The molecule has 0 bridgehead atoms. The third-order valence-corrected chi connectivity index (χ3v) is 5.49. The SMILES string of the molecule is Oc1nc(N2CCC(c3ccccc3)CC2)[nH]c1C=C1C=Nc2ncccc21. The number of rotatable bonds is 3. The molecule has 0 saturated carbocycles. The van der Waals surface area contributed by atoms with Gasteiger partial charge in [-0.2, -0.15) is 4.98 Å². The number of aromatic nitrogens is 3. The first-order valence-electron chi connectivity index (χ1n) is 9.58. The molecule has 0 atom stereocenters. The molecule has 2 aromatic heterocycles. The van der Waals surface area contributed by atoms with Crippen molar-refractivity contribution in [2.24, 2.45) is 4.99 Å². The van der Waals surface area contributed by atoms with Gasteiger partial charge >= 0.3 is 0 Å². The second-order valence-electron chi connectivity index (χ2n) is 7.20. The predicted molar refractivity (Wildman–Crippen MR) is 111 cm³/mol. The topological polar surface area (TPSA) is 77.4 Å². The zero-order valence-electron chi connectivity index (χ0n) is 15.4. The van der Waals surface area contributed by atoms with Gasteiger partial charge < -0.3 is 15.0 Å². The molecule has 3 aromatic rings. The maximum atomic E-state index is 10.3. The van der Waals surface area contributed by atoms with Crippen molar-refractivity contribution in [1.29, 1.82) is 0 Å². The van der Waals surface area contributed by atoms with Crippen LogP contribution < -0.4 is 4.90 Å². The van der Waals surface area contributed by atoms with Crippen molar-refractivity contribution in [3.8, 4) is 5.88 Å². The molecule has 6 nitrogen and oxygen atoms in total. The van der Waals surface area contributed by atoms with E-state index in [4.69, 9.17) is 0 Å². The van der Waals surface area contributed by atoms with Crippen molar-refractivity contribution >= 4 is 29.6 Å². The summed E-state index contributed by atoms with van der Waals surface area (Å²) in [6, 6.07) is 14.5. The van der Waals surface area contributed by atoms with E-state index in [0.717, 1.165) is 43.0 Å². The van der Waals surface area contributed by atoms with Crippen LogP contribution in [0.25, 0.3) is 11.6 Å². The molecule has 4 heterocycles. The van der Waals surface area contributed by atoms with E-state index in [1.165, 1.54) is 5.56 Å². The number of nitrogens with one attached hydrogen (secondary N) is 1. The van der Waals surface area contributed by atoms with Crippen LogP contribution in [0.15, 0.2) is 53.7 Å². The Morgan fingerprint density at radius 1 is 1.07 bits per heavy atom. The minimum Gasteiger partial charge on any atom is -0.492 e. The number of allylic oxidation sites excluding steroid dienone is 1. The monoisotopic (exact) mass is 371 g/mol. The van der Waals surface area contributed by atoms with Gasteiger partial charge in [0.25, 0.3) is 0 Å². The third-order valence-electron chi connectivity index (χ3n) is 5.49.